The number of nitrogens with one attached hydrogen (secondary N) is 1. The smallest absolute Gasteiger partial charge is 0.273 e. The lowest BCUT2D eigenvalue weighted by Gasteiger charge is -2.12. The zero-order valence-corrected chi connectivity index (χ0v) is 18.3. The molecule has 10 heteroatoms. The van der Waals surface area contributed by atoms with Crippen molar-refractivity contribution in [3.63, 3.8) is 0 Å². The van der Waals surface area contributed by atoms with Crippen molar-refractivity contribution in [2.24, 2.45) is 0 Å². The van der Waals surface area contributed by atoms with Gasteiger partial charge in [0.05, 0.1) is 24.9 Å². The van der Waals surface area contributed by atoms with Crippen LogP contribution in [0.2, 0.25) is 0 Å². The normalized spacial score (nSPS) is 11.3. The predicted octanol–water partition coefficient (Wildman–Crippen LogP) is 2.78. The van der Waals surface area contributed by atoms with E-state index in [1.807, 2.05) is 47.0 Å². The highest BCUT2D eigenvalue weighted by molar-refractivity contribution is 7.99. The third-order valence-electron chi connectivity index (χ3n) is 4.61. The molecule has 0 bridgehead atoms. The molecule has 3 heterocycles. The summed E-state index contributed by atoms with van der Waals surface area (Å²) in [5.41, 5.74) is 1.50. The van der Waals surface area contributed by atoms with Gasteiger partial charge in [0.2, 0.25) is 11.7 Å². The second-order valence-corrected chi connectivity index (χ2v) is 8.45. The van der Waals surface area contributed by atoms with Crippen LogP contribution in [0.1, 0.15) is 18.9 Å². The van der Waals surface area contributed by atoms with Crippen molar-refractivity contribution in [2.45, 2.75) is 25.0 Å². The van der Waals surface area contributed by atoms with Crippen molar-refractivity contribution in [3.8, 4) is 5.75 Å². The summed E-state index contributed by atoms with van der Waals surface area (Å²) in [5.74, 6) is 1.32. The van der Waals surface area contributed by atoms with E-state index in [9.17, 15) is 9.59 Å². The van der Waals surface area contributed by atoms with E-state index in [2.05, 4.69) is 15.5 Å². The van der Waals surface area contributed by atoms with Crippen LogP contribution >= 0.6 is 23.1 Å². The summed E-state index contributed by atoms with van der Waals surface area (Å²) in [6.45, 7) is 2.96. The monoisotopic (exact) mass is 443 g/mol. The number of methoxy groups -OCH3 is 1. The van der Waals surface area contributed by atoms with Crippen LogP contribution in [0.25, 0.3) is 16.0 Å². The molecule has 0 saturated carbocycles. The van der Waals surface area contributed by atoms with E-state index in [0.717, 1.165) is 17.5 Å². The summed E-state index contributed by atoms with van der Waals surface area (Å²) in [5, 5.41) is 13.9. The van der Waals surface area contributed by atoms with Crippen LogP contribution in [0.15, 0.2) is 45.7 Å². The Labute approximate surface area is 180 Å². The molecule has 0 spiro atoms. The van der Waals surface area contributed by atoms with Crippen LogP contribution in [-0.2, 0) is 11.3 Å². The number of carbonyl (C=O) groups excluding carboxylic acids is 1. The van der Waals surface area contributed by atoms with Gasteiger partial charge in [-0.2, -0.15) is 0 Å². The van der Waals surface area contributed by atoms with Crippen molar-refractivity contribution in [3.05, 3.63) is 51.6 Å². The fourth-order valence-electron chi connectivity index (χ4n) is 3.19. The fraction of sp³-hybridized carbons (Fsp3) is 0.300. The second-order valence-electron chi connectivity index (χ2n) is 6.59. The molecule has 1 N–H and O–H groups in total. The van der Waals surface area contributed by atoms with Gasteiger partial charge in [0, 0.05) is 12.1 Å². The molecule has 0 atom stereocenters. The number of thiophene rings is 1. The average Bonchev–Trinajstić information content (AvgIpc) is 3.41. The minimum absolute atomic E-state index is 0.0532. The molecule has 4 rings (SSSR count). The lowest BCUT2D eigenvalue weighted by Crippen LogP contribution is -2.26. The number of aromatic nitrogens is 4. The maximum Gasteiger partial charge on any atom is 0.273 e. The maximum absolute atomic E-state index is 13.2. The highest BCUT2D eigenvalue weighted by Gasteiger charge is 2.19. The molecule has 0 aliphatic rings. The Kier molecular flexibility index (Phi) is 6.05. The minimum atomic E-state index is -0.122. The van der Waals surface area contributed by atoms with Crippen LogP contribution in [0, 0.1) is 0 Å². The van der Waals surface area contributed by atoms with Crippen molar-refractivity contribution < 1.29 is 9.53 Å². The van der Waals surface area contributed by atoms with Gasteiger partial charge in [-0.3, -0.25) is 18.6 Å². The summed E-state index contributed by atoms with van der Waals surface area (Å²) < 4.78 is 9.51. The molecule has 4 aromatic rings. The molecule has 0 aliphatic carbocycles. The fourth-order valence-corrected chi connectivity index (χ4v) is 4.78. The molecule has 0 radical (unpaired) electrons. The van der Waals surface area contributed by atoms with E-state index < -0.39 is 0 Å². The topological polar surface area (TPSA) is 90.5 Å². The second kappa shape index (κ2) is 8.88. The maximum atomic E-state index is 13.2. The molecular weight excluding hydrogens is 422 g/mol. The lowest BCUT2D eigenvalue weighted by atomic mass is 10.2. The number of para-hydroxylation sites is 1. The number of thioether (sulfide) groups is 1. The summed E-state index contributed by atoms with van der Waals surface area (Å²) in [4.78, 5) is 25.2. The van der Waals surface area contributed by atoms with Crippen LogP contribution < -0.4 is 15.6 Å². The number of carbonyl (C=O) groups is 1. The largest absolute Gasteiger partial charge is 0.496 e. The molecule has 156 valence electrons. The summed E-state index contributed by atoms with van der Waals surface area (Å²) >= 11 is 2.69. The highest BCUT2D eigenvalue weighted by Crippen LogP contribution is 2.25. The Bertz CT molecular complexity index is 1260. The van der Waals surface area contributed by atoms with Crippen molar-refractivity contribution in [1.82, 2.24) is 24.5 Å². The van der Waals surface area contributed by atoms with Gasteiger partial charge in [-0.05, 0) is 23.9 Å². The number of hydrogen-bond donors (Lipinski definition) is 1. The Hall–Kier alpha value is -2.85. The van der Waals surface area contributed by atoms with E-state index in [0.29, 0.717) is 34.5 Å². The van der Waals surface area contributed by atoms with Gasteiger partial charge in [-0.1, -0.05) is 36.9 Å². The number of nitrogens with zero attached hydrogens (tertiary/aromatic N) is 4. The zero-order valence-electron chi connectivity index (χ0n) is 16.6. The molecule has 3 aromatic heterocycles. The van der Waals surface area contributed by atoms with Crippen LogP contribution in [0.5, 0.6) is 5.75 Å². The minimum Gasteiger partial charge on any atom is -0.496 e. The first-order valence-electron chi connectivity index (χ1n) is 9.50. The molecule has 0 saturated heterocycles. The summed E-state index contributed by atoms with van der Waals surface area (Å²) in [6, 6.07) is 9.46. The van der Waals surface area contributed by atoms with Crippen molar-refractivity contribution in [1.29, 1.82) is 0 Å². The van der Waals surface area contributed by atoms with Gasteiger partial charge in [0.25, 0.3) is 5.56 Å². The van der Waals surface area contributed by atoms with Gasteiger partial charge < -0.3 is 10.1 Å². The van der Waals surface area contributed by atoms with Crippen LogP contribution in [-0.4, -0.2) is 44.5 Å². The van der Waals surface area contributed by atoms with E-state index >= 15 is 0 Å². The SMILES string of the molecule is CCCNC(=O)CSc1nnc2n(Cc3ccccc3OC)c(=O)c3sccc3n12. The molecule has 0 fully saturated rings. The Balaban J connectivity index is 1.77. The highest BCUT2D eigenvalue weighted by atomic mass is 32.2. The quantitative estimate of drug-likeness (QED) is 0.421. The van der Waals surface area contributed by atoms with Crippen LogP contribution in [0.4, 0.5) is 0 Å². The van der Waals surface area contributed by atoms with Crippen molar-refractivity contribution in [2.75, 3.05) is 19.4 Å². The Morgan fingerprint density at radius 3 is 2.90 bits per heavy atom. The van der Waals surface area contributed by atoms with Gasteiger partial charge in [0.15, 0.2) is 5.16 Å². The molecule has 8 nitrogen and oxygen atoms in total. The number of benzene rings is 1. The zero-order chi connectivity index (χ0) is 21.1. The standard InChI is InChI=1S/C20H21N5O3S2/c1-3-9-21-16(26)12-30-20-23-22-19-24(11-13-6-4-5-7-15(13)28-2)18(27)17-14(25(19)20)8-10-29-17/h4-8,10H,3,9,11-12H2,1-2H3,(H,21,26). The van der Waals surface area contributed by atoms with Crippen LogP contribution in [0.3, 0.4) is 0 Å². The third kappa shape index (κ3) is 3.80. The van der Waals surface area contributed by atoms with E-state index in [1.54, 1.807) is 11.7 Å². The number of hydrogen-bond acceptors (Lipinski definition) is 7. The molecule has 0 unspecified atom stereocenters. The van der Waals surface area contributed by atoms with Gasteiger partial charge in [-0.15, -0.1) is 21.5 Å². The Morgan fingerprint density at radius 2 is 2.10 bits per heavy atom. The van der Waals surface area contributed by atoms with Gasteiger partial charge in [0.1, 0.15) is 10.4 Å². The summed E-state index contributed by atoms with van der Waals surface area (Å²) in [7, 11) is 1.61. The van der Waals surface area contributed by atoms with Gasteiger partial charge >= 0.3 is 0 Å². The van der Waals surface area contributed by atoms with Gasteiger partial charge in [-0.25, -0.2) is 0 Å². The molecular formula is C20H21N5O3S2. The molecule has 0 aliphatic heterocycles. The number of rotatable bonds is 8. The predicted molar refractivity (Wildman–Crippen MR) is 119 cm³/mol. The first-order chi connectivity index (χ1) is 14.6. The third-order valence-corrected chi connectivity index (χ3v) is 6.43. The lowest BCUT2D eigenvalue weighted by molar-refractivity contribution is -0.118. The first kappa shape index (κ1) is 20.4. The molecule has 30 heavy (non-hydrogen) atoms. The molecule has 1 amide bonds. The first-order valence-corrected chi connectivity index (χ1v) is 11.4. The summed E-state index contributed by atoms with van der Waals surface area (Å²) in [6.07, 6.45) is 0.884. The van der Waals surface area contributed by atoms with E-state index in [4.69, 9.17) is 4.74 Å². The number of fused-ring (bicyclic) bond motifs is 3. The number of amides is 1. The van der Waals surface area contributed by atoms with E-state index in [-0.39, 0.29) is 17.2 Å². The van der Waals surface area contributed by atoms with Crippen molar-refractivity contribution >= 4 is 45.0 Å². The van der Waals surface area contributed by atoms with E-state index in [1.165, 1.54) is 23.1 Å². The number of ether oxygens (including phenoxy) is 1. The Morgan fingerprint density at radius 1 is 1.27 bits per heavy atom. The molecule has 1 aromatic carbocycles. The average molecular weight is 444 g/mol.